The number of carbonyl (C=O) groups is 4. The van der Waals surface area contributed by atoms with Crippen LogP contribution < -0.4 is 21.0 Å². The number of pyridine rings is 1. The molecule has 5 saturated heterocycles. The van der Waals surface area contributed by atoms with Gasteiger partial charge in [0, 0.05) is 105 Å². The summed E-state index contributed by atoms with van der Waals surface area (Å²) < 4.78 is 8.79. The Morgan fingerprint density at radius 2 is 1.66 bits per heavy atom. The minimum Gasteiger partial charge on any atom is -0.464 e. The molecule has 0 radical (unpaired) electrons. The fraction of sp³-hybridized carbons (Fsp3) is 0.623. The Hall–Kier alpha value is -5.35. The molecule has 4 aromatic rings. The highest BCUT2D eigenvalue weighted by Gasteiger charge is 2.50. The van der Waals surface area contributed by atoms with Crippen molar-refractivity contribution in [1.82, 2.24) is 45.3 Å². The number of fused-ring (bicyclic) bond motifs is 6. The van der Waals surface area contributed by atoms with Crippen LogP contribution in [0.2, 0.25) is 0 Å². The van der Waals surface area contributed by atoms with Crippen LogP contribution in [0.4, 0.5) is 5.69 Å². The van der Waals surface area contributed by atoms with Gasteiger partial charge < -0.3 is 29.7 Å². The first-order valence-corrected chi connectivity index (χ1v) is 29.3. The minimum atomic E-state index is -0.884. The highest BCUT2D eigenvalue weighted by Crippen LogP contribution is 2.45. The number of benzene rings is 2. The second-order valence-corrected chi connectivity index (χ2v) is 25.2. The maximum Gasteiger partial charge on any atom is 0.324 e. The van der Waals surface area contributed by atoms with Gasteiger partial charge in [0.15, 0.2) is 0 Å². The largest absolute Gasteiger partial charge is 0.464 e. The van der Waals surface area contributed by atoms with E-state index in [0.717, 1.165) is 149 Å². The van der Waals surface area contributed by atoms with Gasteiger partial charge in [0.2, 0.25) is 11.8 Å². The SMILES string of the molecule is CCn1c(-c2cc(N3CCN(C4CC4)CC3)cnc2C(C)C)c2c3cc(ccc31)-c1cccc(c1)C[C@H](NC(=O)[C@H](C1CCCC1)N1CC[C@]3(CCN(C(=O)[C@H]4CN4)C3)C1)C(=O)N1CCC[C@H](N1)C(=O)OCC(C)(C)C2. The van der Waals surface area contributed by atoms with Gasteiger partial charge >= 0.3 is 5.97 Å². The molecule has 406 valence electrons. The van der Waals surface area contributed by atoms with E-state index in [0.29, 0.717) is 25.8 Å². The van der Waals surface area contributed by atoms with Gasteiger partial charge in [0.1, 0.15) is 12.1 Å². The lowest BCUT2D eigenvalue weighted by molar-refractivity contribution is -0.155. The first kappa shape index (κ1) is 51.4. The van der Waals surface area contributed by atoms with E-state index >= 15 is 9.59 Å². The van der Waals surface area contributed by atoms with Crippen molar-refractivity contribution in [3.05, 3.63) is 71.5 Å². The first-order chi connectivity index (χ1) is 36.7. The molecule has 2 saturated carbocycles. The summed E-state index contributed by atoms with van der Waals surface area (Å²) in [5.41, 5.74) is 12.8. The van der Waals surface area contributed by atoms with E-state index in [1.165, 1.54) is 29.5 Å². The van der Waals surface area contributed by atoms with E-state index in [1.54, 1.807) is 5.01 Å². The number of aromatic nitrogens is 2. The fourth-order valence-corrected chi connectivity index (χ4v) is 14.3. The van der Waals surface area contributed by atoms with Crippen molar-refractivity contribution in [1.29, 1.82) is 0 Å². The Kier molecular flexibility index (Phi) is 14.1. The lowest BCUT2D eigenvalue weighted by atomic mass is 9.83. The summed E-state index contributed by atoms with van der Waals surface area (Å²) in [5.74, 6) is -0.143. The number of ether oxygens (including phenoxy) is 1. The maximum atomic E-state index is 15.2. The number of likely N-dealkylation sites (tertiary alicyclic amines) is 2. The second kappa shape index (κ2) is 20.8. The van der Waals surface area contributed by atoms with Crippen molar-refractivity contribution < 1.29 is 23.9 Å². The monoisotopic (exact) mass is 1030 g/mol. The number of esters is 1. The van der Waals surface area contributed by atoms with Crippen molar-refractivity contribution in [2.45, 2.75) is 154 Å². The van der Waals surface area contributed by atoms with Gasteiger partial charge in [-0.05, 0) is 124 Å². The average Bonchev–Trinajstić information content (AvgIpc) is 4.30. The second-order valence-electron chi connectivity index (χ2n) is 25.2. The molecule has 7 fully saturated rings. The summed E-state index contributed by atoms with van der Waals surface area (Å²) in [7, 11) is 0. The predicted octanol–water partition coefficient (Wildman–Crippen LogP) is 6.90. The zero-order chi connectivity index (χ0) is 52.5. The summed E-state index contributed by atoms with van der Waals surface area (Å²) in [6, 6.07) is 16.5. The molecule has 2 aromatic heterocycles. The molecule has 0 unspecified atom stereocenters. The molecular formula is C61H82N10O5. The molecular weight excluding hydrogens is 953 g/mol. The fourth-order valence-electron chi connectivity index (χ4n) is 14.3. The molecule has 2 aromatic carbocycles. The third-order valence-corrected chi connectivity index (χ3v) is 18.7. The van der Waals surface area contributed by atoms with Crippen LogP contribution in [0.5, 0.6) is 0 Å². The van der Waals surface area contributed by atoms with Gasteiger partial charge in [0.25, 0.3) is 5.91 Å². The number of hydrogen-bond acceptors (Lipinski definition) is 11. The zero-order valence-corrected chi connectivity index (χ0v) is 45.9. The van der Waals surface area contributed by atoms with E-state index in [9.17, 15) is 9.59 Å². The number of hydrogen-bond donors (Lipinski definition) is 3. The molecule has 6 aliphatic heterocycles. The summed E-state index contributed by atoms with van der Waals surface area (Å²) in [6.45, 7) is 20.4. The summed E-state index contributed by atoms with van der Waals surface area (Å²) >= 11 is 0. The molecule has 12 rings (SSSR count). The highest BCUT2D eigenvalue weighted by molar-refractivity contribution is 5.96. The quantitative estimate of drug-likeness (QED) is 0.112. The first-order valence-electron chi connectivity index (χ1n) is 29.3. The van der Waals surface area contributed by atoms with Gasteiger partial charge in [-0.25, -0.2) is 5.43 Å². The third kappa shape index (κ3) is 10.3. The van der Waals surface area contributed by atoms with Gasteiger partial charge in [-0.1, -0.05) is 70.9 Å². The highest BCUT2D eigenvalue weighted by atomic mass is 16.5. The van der Waals surface area contributed by atoms with Crippen LogP contribution in [-0.2, 0) is 43.3 Å². The van der Waals surface area contributed by atoms with Gasteiger partial charge in [-0.3, -0.25) is 39.0 Å². The molecule has 5 atom stereocenters. The van der Waals surface area contributed by atoms with Crippen LogP contribution in [0.3, 0.4) is 0 Å². The molecule has 2 aliphatic carbocycles. The normalized spacial score (nSPS) is 27.1. The van der Waals surface area contributed by atoms with Gasteiger partial charge in [-0.15, -0.1) is 0 Å². The number of aryl methyl sites for hydroxylation is 1. The molecule has 1 spiro atoms. The topological polar surface area (TPSA) is 158 Å². The number of rotatable bonds is 10. The number of piperazine rings is 1. The van der Waals surface area contributed by atoms with Crippen LogP contribution >= 0.6 is 0 Å². The number of nitrogens with one attached hydrogen (secondary N) is 3. The molecule has 76 heavy (non-hydrogen) atoms. The number of cyclic esters (lactones) is 1. The zero-order valence-electron chi connectivity index (χ0n) is 45.9. The van der Waals surface area contributed by atoms with E-state index < -0.39 is 17.5 Å². The Labute approximate surface area is 449 Å². The average molecular weight is 1040 g/mol. The van der Waals surface area contributed by atoms with Crippen molar-refractivity contribution >= 4 is 40.3 Å². The summed E-state index contributed by atoms with van der Waals surface area (Å²) in [6.07, 6.45) is 12.9. The molecule has 3 N–H and O–H groups in total. The van der Waals surface area contributed by atoms with Crippen LogP contribution in [0.15, 0.2) is 54.7 Å². The van der Waals surface area contributed by atoms with Crippen LogP contribution in [-0.4, -0.2) is 155 Å². The van der Waals surface area contributed by atoms with E-state index in [4.69, 9.17) is 9.72 Å². The molecule has 15 heteroatoms. The number of anilines is 1. The summed E-state index contributed by atoms with van der Waals surface area (Å²) in [5, 5.41) is 9.32. The third-order valence-electron chi connectivity index (χ3n) is 18.7. The predicted molar refractivity (Wildman–Crippen MR) is 296 cm³/mol. The maximum absolute atomic E-state index is 15.2. The number of nitrogens with zero attached hydrogens (tertiary/aromatic N) is 7. The Morgan fingerprint density at radius 1 is 0.882 bits per heavy atom. The smallest absolute Gasteiger partial charge is 0.324 e. The Morgan fingerprint density at radius 3 is 2.41 bits per heavy atom. The Bertz CT molecular complexity index is 2860. The van der Waals surface area contributed by atoms with Crippen molar-refractivity contribution in [3.8, 4) is 22.4 Å². The van der Waals surface area contributed by atoms with Crippen molar-refractivity contribution in [2.24, 2.45) is 16.7 Å². The van der Waals surface area contributed by atoms with Gasteiger partial charge in [-0.2, -0.15) is 0 Å². The van der Waals surface area contributed by atoms with Crippen molar-refractivity contribution in [2.75, 3.05) is 77.0 Å². The van der Waals surface area contributed by atoms with E-state index in [-0.39, 0.29) is 66.1 Å². The lowest BCUT2D eigenvalue weighted by Crippen LogP contribution is -2.62. The van der Waals surface area contributed by atoms with Crippen LogP contribution in [0.1, 0.15) is 122 Å². The lowest BCUT2D eigenvalue weighted by Gasteiger charge is -2.37. The molecule has 3 amide bonds. The molecule has 8 aliphatic rings. The molecule has 8 heterocycles. The number of hydrazine groups is 1. The van der Waals surface area contributed by atoms with Crippen LogP contribution in [0, 0.1) is 16.7 Å². The Balaban J connectivity index is 0.896. The summed E-state index contributed by atoms with van der Waals surface area (Å²) in [4.78, 5) is 72.6. The van der Waals surface area contributed by atoms with Crippen molar-refractivity contribution in [3.63, 3.8) is 0 Å². The number of amides is 3. The molecule has 15 nitrogen and oxygen atoms in total. The minimum absolute atomic E-state index is 0.0247. The van der Waals surface area contributed by atoms with Gasteiger partial charge in [0.05, 0.1) is 42.0 Å². The van der Waals surface area contributed by atoms with E-state index in [1.807, 2.05) is 4.90 Å². The van der Waals surface area contributed by atoms with Crippen LogP contribution in [0.25, 0.3) is 33.3 Å². The molecule has 6 bridgehead atoms. The standard InChI is InChI=1S/C61H82N10O5/c1-6-70-52-19-16-43-31-46(52)48(55(70)47-32-45(34-63-53(47)39(2)3)67-27-25-66(26-28-67)44-17-18-44)33-60(4,5)38-76-59(75)49-15-10-22-71(65-49)58(74)50(30-40-11-9-14-42(43)29-40)64-56(72)54(41-12-7-8-13-41)68-23-20-61(36-68)21-24-69(37-61)57(73)51-35-62-51/h9,11,14,16,19,29,31-32,34,39,41,44,49-51,54,62,65H,6-8,10,12-13,15,17-18,20-28,30,33,35-38H2,1-5H3,(H,64,72)/t49-,50-,51+,54-,61-/m0/s1. The van der Waals surface area contributed by atoms with E-state index in [2.05, 4.69) is 125 Å². The number of carbonyl (C=O) groups excluding carboxylic acids is 4.